The lowest BCUT2D eigenvalue weighted by Crippen LogP contribution is -2.40. The summed E-state index contributed by atoms with van der Waals surface area (Å²) >= 11 is 6.23. The van der Waals surface area contributed by atoms with Gasteiger partial charge in [-0.15, -0.1) is 0 Å². The molecule has 2 N–H and O–H groups in total. The summed E-state index contributed by atoms with van der Waals surface area (Å²) in [5.74, 6) is 0.264. The fourth-order valence-electron chi connectivity index (χ4n) is 3.34. The third kappa shape index (κ3) is 2.97. The van der Waals surface area contributed by atoms with E-state index in [1.807, 2.05) is 6.07 Å². The van der Waals surface area contributed by atoms with Crippen molar-refractivity contribution >= 4 is 11.6 Å². The van der Waals surface area contributed by atoms with E-state index >= 15 is 0 Å². The molecule has 1 aliphatic rings. The van der Waals surface area contributed by atoms with Crippen LogP contribution in [0, 0.1) is 5.82 Å². The van der Waals surface area contributed by atoms with E-state index in [9.17, 15) is 4.39 Å². The van der Waals surface area contributed by atoms with Crippen molar-refractivity contribution in [1.82, 2.24) is 0 Å². The van der Waals surface area contributed by atoms with E-state index in [1.54, 1.807) is 6.07 Å². The van der Waals surface area contributed by atoms with Crippen molar-refractivity contribution in [1.29, 1.82) is 0 Å². The summed E-state index contributed by atoms with van der Waals surface area (Å²) < 4.78 is 13.5. The van der Waals surface area contributed by atoms with Gasteiger partial charge in [-0.3, -0.25) is 0 Å². The van der Waals surface area contributed by atoms with Gasteiger partial charge in [0.2, 0.25) is 0 Å². The maximum Gasteiger partial charge on any atom is 0.123 e. The van der Waals surface area contributed by atoms with Crippen LogP contribution in [0.5, 0.6) is 0 Å². The molecule has 1 nitrogen and oxygen atoms in total. The average molecular weight is 304 g/mol. The number of nitrogens with two attached hydrogens (primary N) is 1. The van der Waals surface area contributed by atoms with Crippen LogP contribution in [0.1, 0.15) is 42.7 Å². The van der Waals surface area contributed by atoms with Gasteiger partial charge >= 0.3 is 0 Å². The highest BCUT2D eigenvalue weighted by Gasteiger charge is 2.35. The fraction of sp³-hybridized carbons (Fsp3) is 0.333. The standard InChI is InChI=1S/C18H19ClFN/c19-17-7-6-15(20)12-16(17)18(21)10-8-14(9-11-18)13-4-2-1-3-5-13/h1-7,12,14H,8-11,21H2. The van der Waals surface area contributed by atoms with Crippen LogP contribution in [0.25, 0.3) is 0 Å². The monoisotopic (exact) mass is 303 g/mol. The molecule has 2 aromatic carbocycles. The highest BCUT2D eigenvalue weighted by atomic mass is 35.5. The first-order chi connectivity index (χ1) is 10.1. The summed E-state index contributed by atoms with van der Waals surface area (Å²) in [6, 6.07) is 15.0. The van der Waals surface area contributed by atoms with Crippen LogP contribution >= 0.6 is 11.6 Å². The molecule has 21 heavy (non-hydrogen) atoms. The molecule has 0 radical (unpaired) electrons. The van der Waals surface area contributed by atoms with Crippen LogP contribution in [0.4, 0.5) is 4.39 Å². The molecule has 1 aliphatic carbocycles. The van der Waals surface area contributed by atoms with Crippen LogP contribution in [-0.4, -0.2) is 0 Å². The summed E-state index contributed by atoms with van der Waals surface area (Å²) in [4.78, 5) is 0. The molecule has 1 saturated carbocycles. The number of rotatable bonds is 2. The Labute approximate surface area is 129 Å². The molecule has 3 heteroatoms. The van der Waals surface area contributed by atoms with Crippen molar-refractivity contribution in [2.75, 3.05) is 0 Å². The third-order valence-corrected chi connectivity index (χ3v) is 4.94. The molecule has 0 spiro atoms. The Balaban J connectivity index is 1.79. The molecular formula is C18H19ClFN. The Morgan fingerprint density at radius 3 is 2.38 bits per heavy atom. The lowest BCUT2D eigenvalue weighted by atomic mass is 9.71. The van der Waals surface area contributed by atoms with Crippen molar-refractivity contribution in [3.05, 3.63) is 70.5 Å². The maximum absolute atomic E-state index is 13.5. The van der Waals surface area contributed by atoms with Crippen LogP contribution in [0.15, 0.2) is 48.5 Å². The van der Waals surface area contributed by atoms with E-state index in [0.29, 0.717) is 10.9 Å². The lowest BCUT2D eigenvalue weighted by molar-refractivity contribution is 0.276. The van der Waals surface area contributed by atoms with E-state index in [1.165, 1.54) is 17.7 Å². The topological polar surface area (TPSA) is 26.0 Å². The Kier molecular flexibility index (Phi) is 4.01. The number of hydrogen-bond acceptors (Lipinski definition) is 1. The van der Waals surface area contributed by atoms with Crippen LogP contribution in [-0.2, 0) is 5.54 Å². The minimum Gasteiger partial charge on any atom is -0.321 e. The van der Waals surface area contributed by atoms with Gasteiger partial charge < -0.3 is 5.73 Å². The van der Waals surface area contributed by atoms with Crippen molar-refractivity contribution in [3.8, 4) is 0 Å². The van der Waals surface area contributed by atoms with Gasteiger partial charge in [0.1, 0.15) is 5.82 Å². The molecular weight excluding hydrogens is 285 g/mol. The molecule has 2 aromatic rings. The Morgan fingerprint density at radius 2 is 1.71 bits per heavy atom. The molecule has 0 unspecified atom stereocenters. The Morgan fingerprint density at radius 1 is 1.05 bits per heavy atom. The molecule has 0 heterocycles. The zero-order valence-electron chi connectivity index (χ0n) is 11.9. The van der Waals surface area contributed by atoms with Crippen LogP contribution in [0.2, 0.25) is 5.02 Å². The predicted molar refractivity (Wildman–Crippen MR) is 84.9 cm³/mol. The first kappa shape index (κ1) is 14.6. The van der Waals surface area contributed by atoms with E-state index in [4.69, 9.17) is 17.3 Å². The summed E-state index contributed by atoms with van der Waals surface area (Å²) in [6.07, 6.45) is 3.67. The summed E-state index contributed by atoms with van der Waals surface area (Å²) in [7, 11) is 0. The smallest absolute Gasteiger partial charge is 0.123 e. The van der Waals surface area contributed by atoms with Crippen molar-refractivity contribution in [3.63, 3.8) is 0 Å². The zero-order valence-corrected chi connectivity index (χ0v) is 12.6. The minimum absolute atomic E-state index is 0.274. The van der Waals surface area contributed by atoms with E-state index < -0.39 is 5.54 Å². The highest BCUT2D eigenvalue weighted by molar-refractivity contribution is 6.31. The maximum atomic E-state index is 13.5. The number of halogens is 2. The SMILES string of the molecule is NC1(c2cc(F)ccc2Cl)CCC(c2ccccc2)CC1. The summed E-state index contributed by atoms with van der Waals surface area (Å²) in [5, 5.41) is 0.567. The van der Waals surface area contributed by atoms with Crippen LogP contribution < -0.4 is 5.73 Å². The number of benzene rings is 2. The second kappa shape index (κ2) is 5.78. The minimum atomic E-state index is -0.509. The fourth-order valence-corrected chi connectivity index (χ4v) is 3.65. The van der Waals surface area contributed by atoms with Gasteiger partial charge in [-0.25, -0.2) is 4.39 Å². The molecule has 0 saturated heterocycles. The molecule has 1 fully saturated rings. The number of hydrogen-bond donors (Lipinski definition) is 1. The van der Waals surface area contributed by atoms with Gasteiger partial charge in [0, 0.05) is 10.6 Å². The van der Waals surface area contributed by atoms with Gasteiger partial charge in [0.15, 0.2) is 0 Å². The predicted octanol–water partition coefficient (Wildman–Crippen LogP) is 4.99. The zero-order chi connectivity index (χ0) is 14.9. The Hall–Kier alpha value is -1.38. The largest absolute Gasteiger partial charge is 0.321 e. The first-order valence-corrected chi connectivity index (χ1v) is 7.76. The second-order valence-electron chi connectivity index (χ2n) is 5.97. The van der Waals surface area contributed by atoms with Crippen molar-refractivity contribution in [2.24, 2.45) is 5.73 Å². The van der Waals surface area contributed by atoms with Gasteiger partial charge in [-0.1, -0.05) is 41.9 Å². The first-order valence-electron chi connectivity index (χ1n) is 7.38. The molecule has 110 valence electrons. The third-order valence-electron chi connectivity index (χ3n) is 4.61. The van der Waals surface area contributed by atoms with Crippen molar-refractivity contribution < 1.29 is 4.39 Å². The molecule has 0 aromatic heterocycles. The van der Waals surface area contributed by atoms with Gasteiger partial charge in [0.05, 0.1) is 0 Å². The summed E-state index contributed by atoms with van der Waals surface area (Å²) in [5.41, 5.74) is 8.14. The van der Waals surface area contributed by atoms with Gasteiger partial charge in [0.25, 0.3) is 0 Å². The van der Waals surface area contributed by atoms with Crippen molar-refractivity contribution in [2.45, 2.75) is 37.1 Å². The normalized spacial score (nSPS) is 25.8. The Bertz CT molecular complexity index is 618. The lowest BCUT2D eigenvalue weighted by Gasteiger charge is -2.38. The molecule has 3 rings (SSSR count). The quantitative estimate of drug-likeness (QED) is 0.831. The van der Waals surface area contributed by atoms with E-state index in [2.05, 4.69) is 24.3 Å². The van der Waals surface area contributed by atoms with Gasteiger partial charge in [-0.05, 0) is 60.9 Å². The molecule has 0 aliphatic heterocycles. The molecule has 0 bridgehead atoms. The molecule has 0 amide bonds. The summed E-state index contributed by atoms with van der Waals surface area (Å²) in [6.45, 7) is 0. The van der Waals surface area contributed by atoms with E-state index in [0.717, 1.165) is 31.2 Å². The second-order valence-corrected chi connectivity index (χ2v) is 6.37. The van der Waals surface area contributed by atoms with E-state index in [-0.39, 0.29) is 5.82 Å². The highest BCUT2D eigenvalue weighted by Crippen LogP contribution is 2.43. The van der Waals surface area contributed by atoms with Gasteiger partial charge in [-0.2, -0.15) is 0 Å². The average Bonchev–Trinajstić information content (AvgIpc) is 2.51. The molecule has 0 atom stereocenters. The van der Waals surface area contributed by atoms with Crippen LogP contribution in [0.3, 0.4) is 0 Å².